The Morgan fingerprint density at radius 2 is 1.26 bits per heavy atom. The molecule has 7 heteroatoms. The van der Waals surface area contributed by atoms with E-state index in [0.717, 1.165) is 11.1 Å². The minimum atomic E-state index is -3.96. The number of halogens is 1. The zero-order valence-corrected chi connectivity index (χ0v) is 22.8. The molecule has 3 aromatic rings. The van der Waals surface area contributed by atoms with Crippen molar-refractivity contribution in [3.05, 3.63) is 98.1 Å². The molecule has 3 rings (SSSR count). The van der Waals surface area contributed by atoms with Crippen molar-refractivity contribution in [2.24, 2.45) is 0 Å². The van der Waals surface area contributed by atoms with E-state index < -0.39 is 16.0 Å². The number of hydrogen-bond donors (Lipinski definition) is 1. The smallest absolute Gasteiger partial charge is 0.335 e. The third-order valence-corrected chi connectivity index (χ3v) is 8.16. The maximum Gasteiger partial charge on any atom is 0.335 e. The van der Waals surface area contributed by atoms with Crippen LogP contribution in [0.15, 0.2) is 71.6 Å². The molecule has 0 saturated heterocycles. The summed E-state index contributed by atoms with van der Waals surface area (Å²) >= 11 is 1.95. The maximum absolute atomic E-state index is 13.7. The number of benzene rings is 3. The molecule has 0 heterocycles. The number of carbonyl (C=O) groups is 1. The van der Waals surface area contributed by atoms with E-state index in [-0.39, 0.29) is 23.5 Å². The first-order valence-corrected chi connectivity index (χ1v) is 13.7. The molecule has 3 aromatic carbocycles. The van der Waals surface area contributed by atoms with Crippen LogP contribution in [0.1, 0.15) is 72.1 Å². The van der Waals surface area contributed by atoms with Gasteiger partial charge in [-0.3, -0.25) is 0 Å². The topological polar surface area (TPSA) is 74.7 Å². The summed E-state index contributed by atoms with van der Waals surface area (Å²) in [6.07, 6.45) is 0. The van der Waals surface area contributed by atoms with Gasteiger partial charge in [0, 0.05) is 16.7 Å². The van der Waals surface area contributed by atoms with Crippen LogP contribution in [0.5, 0.6) is 0 Å². The molecule has 0 aliphatic heterocycles. The largest absolute Gasteiger partial charge is 0.478 e. The SMILES string of the molecule is CC(C)c1ccc(CN(Cc2ccc(C(C)C)cc2)S(=O)(=O)c2cc(I)cc(C(=O)O)c2)cc1. The van der Waals surface area contributed by atoms with Crippen LogP contribution in [-0.4, -0.2) is 23.8 Å². The minimum Gasteiger partial charge on any atom is -0.478 e. The number of sulfonamides is 1. The molecule has 0 saturated carbocycles. The quantitative estimate of drug-likeness (QED) is 0.284. The molecule has 0 spiro atoms. The molecule has 0 amide bonds. The van der Waals surface area contributed by atoms with Crippen molar-refractivity contribution in [1.29, 1.82) is 0 Å². The van der Waals surface area contributed by atoms with Crippen molar-refractivity contribution in [3.63, 3.8) is 0 Å². The van der Waals surface area contributed by atoms with E-state index in [9.17, 15) is 18.3 Å². The fraction of sp³-hybridized carbons (Fsp3) is 0.296. The van der Waals surface area contributed by atoms with Crippen molar-refractivity contribution in [3.8, 4) is 0 Å². The molecular formula is C27H30INO4S. The van der Waals surface area contributed by atoms with Gasteiger partial charge in [0.2, 0.25) is 10.0 Å². The van der Waals surface area contributed by atoms with Gasteiger partial charge in [-0.05, 0) is 74.9 Å². The van der Waals surface area contributed by atoms with Crippen LogP contribution in [0.3, 0.4) is 0 Å². The number of nitrogens with zero attached hydrogens (tertiary/aromatic N) is 1. The van der Waals surface area contributed by atoms with Gasteiger partial charge >= 0.3 is 5.97 Å². The van der Waals surface area contributed by atoms with Gasteiger partial charge in [0.05, 0.1) is 10.5 Å². The molecule has 0 aliphatic carbocycles. The van der Waals surface area contributed by atoms with E-state index >= 15 is 0 Å². The highest BCUT2D eigenvalue weighted by Crippen LogP contribution is 2.26. The van der Waals surface area contributed by atoms with Crippen molar-refractivity contribution >= 4 is 38.6 Å². The molecule has 0 atom stereocenters. The Labute approximate surface area is 216 Å². The van der Waals surface area contributed by atoms with Gasteiger partial charge in [-0.25, -0.2) is 13.2 Å². The van der Waals surface area contributed by atoms with Gasteiger partial charge in [-0.15, -0.1) is 0 Å². The predicted molar refractivity (Wildman–Crippen MR) is 144 cm³/mol. The lowest BCUT2D eigenvalue weighted by Crippen LogP contribution is -2.30. The van der Waals surface area contributed by atoms with E-state index in [2.05, 4.69) is 27.7 Å². The molecule has 180 valence electrons. The van der Waals surface area contributed by atoms with E-state index in [1.165, 1.54) is 33.6 Å². The van der Waals surface area contributed by atoms with Gasteiger partial charge in [-0.2, -0.15) is 4.31 Å². The summed E-state index contributed by atoms with van der Waals surface area (Å²) < 4.78 is 29.5. The molecule has 5 nitrogen and oxygen atoms in total. The molecule has 0 aromatic heterocycles. The molecule has 1 N–H and O–H groups in total. The number of carboxylic acids is 1. The first-order chi connectivity index (χ1) is 16.0. The summed E-state index contributed by atoms with van der Waals surface area (Å²) in [4.78, 5) is 11.5. The number of carboxylic acid groups (broad SMARTS) is 1. The van der Waals surface area contributed by atoms with Gasteiger partial charge in [-0.1, -0.05) is 76.2 Å². The lowest BCUT2D eigenvalue weighted by molar-refractivity contribution is 0.0696. The highest BCUT2D eigenvalue weighted by Gasteiger charge is 2.27. The van der Waals surface area contributed by atoms with Gasteiger partial charge in [0.1, 0.15) is 0 Å². The number of aromatic carboxylic acids is 1. The van der Waals surface area contributed by atoms with Crippen molar-refractivity contribution in [2.75, 3.05) is 0 Å². The van der Waals surface area contributed by atoms with E-state index in [1.807, 2.05) is 71.1 Å². The zero-order chi connectivity index (χ0) is 25.0. The Hall–Kier alpha value is -2.23. The third-order valence-electron chi connectivity index (χ3n) is 5.77. The van der Waals surface area contributed by atoms with Crippen LogP contribution < -0.4 is 0 Å². The van der Waals surface area contributed by atoms with E-state index in [4.69, 9.17) is 0 Å². The van der Waals surface area contributed by atoms with Crippen molar-refractivity contribution in [1.82, 2.24) is 4.31 Å². The maximum atomic E-state index is 13.7. The number of hydrogen-bond acceptors (Lipinski definition) is 3. The second-order valence-electron chi connectivity index (χ2n) is 9.05. The Bertz CT molecular complexity index is 1200. The average Bonchev–Trinajstić information content (AvgIpc) is 2.78. The predicted octanol–water partition coefficient (Wildman–Crippen LogP) is 6.63. The lowest BCUT2D eigenvalue weighted by Gasteiger charge is -2.23. The Kier molecular flexibility index (Phi) is 8.54. The first-order valence-electron chi connectivity index (χ1n) is 11.2. The average molecular weight is 592 g/mol. The molecular weight excluding hydrogens is 561 g/mol. The summed E-state index contributed by atoms with van der Waals surface area (Å²) in [5, 5.41) is 9.44. The Morgan fingerprint density at radius 1 is 0.824 bits per heavy atom. The first kappa shape index (κ1) is 26.4. The fourth-order valence-corrected chi connectivity index (χ4v) is 6.00. The Balaban J connectivity index is 2.01. The Morgan fingerprint density at radius 3 is 1.65 bits per heavy atom. The molecule has 34 heavy (non-hydrogen) atoms. The molecule has 0 aliphatic rings. The molecule has 0 bridgehead atoms. The normalized spacial score (nSPS) is 12.0. The van der Waals surface area contributed by atoms with E-state index in [0.29, 0.717) is 15.4 Å². The summed E-state index contributed by atoms with van der Waals surface area (Å²) in [6.45, 7) is 8.82. The summed E-state index contributed by atoms with van der Waals surface area (Å²) in [6, 6.07) is 20.1. The van der Waals surface area contributed by atoms with Crippen LogP contribution in [0.2, 0.25) is 0 Å². The minimum absolute atomic E-state index is 0.0191. The lowest BCUT2D eigenvalue weighted by atomic mass is 10.0. The zero-order valence-electron chi connectivity index (χ0n) is 19.8. The second kappa shape index (κ2) is 11.0. The molecule has 0 fully saturated rings. The van der Waals surface area contributed by atoms with Gasteiger partial charge in [0.25, 0.3) is 0 Å². The summed E-state index contributed by atoms with van der Waals surface area (Å²) in [5.74, 6) is -0.390. The monoisotopic (exact) mass is 591 g/mol. The van der Waals surface area contributed by atoms with Gasteiger partial charge < -0.3 is 5.11 Å². The highest BCUT2D eigenvalue weighted by atomic mass is 127. The third kappa shape index (κ3) is 6.46. The highest BCUT2D eigenvalue weighted by molar-refractivity contribution is 14.1. The van der Waals surface area contributed by atoms with Crippen LogP contribution in [0, 0.1) is 3.57 Å². The molecule has 0 radical (unpaired) electrons. The molecule has 0 unspecified atom stereocenters. The van der Waals surface area contributed by atoms with Gasteiger partial charge in [0.15, 0.2) is 0 Å². The van der Waals surface area contributed by atoms with Crippen molar-refractivity contribution in [2.45, 2.75) is 57.5 Å². The van der Waals surface area contributed by atoms with Crippen LogP contribution >= 0.6 is 22.6 Å². The summed E-state index contributed by atoms with van der Waals surface area (Å²) in [7, 11) is -3.96. The fourth-order valence-electron chi connectivity index (χ4n) is 3.63. The summed E-state index contributed by atoms with van der Waals surface area (Å²) in [5.41, 5.74) is 4.07. The van der Waals surface area contributed by atoms with Crippen molar-refractivity contribution < 1.29 is 18.3 Å². The van der Waals surface area contributed by atoms with E-state index in [1.54, 1.807) is 0 Å². The van der Waals surface area contributed by atoms with Crippen LogP contribution in [0.25, 0.3) is 0 Å². The second-order valence-corrected chi connectivity index (χ2v) is 12.2. The standard InChI is InChI=1S/C27H30INO4S/c1-18(2)22-9-5-20(6-10-22)16-29(17-21-7-11-23(12-8-21)19(3)4)34(32,33)26-14-24(27(30)31)13-25(28)15-26/h5-15,18-19H,16-17H2,1-4H3,(H,30,31). The number of rotatable bonds is 9. The van der Waals surface area contributed by atoms with Crippen LogP contribution in [-0.2, 0) is 23.1 Å². The van der Waals surface area contributed by atoms with Crippen LogP contribution in [0.4, 0.5) is 0 Å².